The third kappa shape index (κ3) is 3.30. The number of carbonyl (C=O) groups is 1. The van der Waals surface area contributed by atoms with E-state index in [1.807, 2.05) is 0 Å². The van der Waals surface area contributed by atoms with Gasteiger partial charge in [-0.2, -0.15) is 13.2 Å². The number of furan rings is 1. The number of hydrogen-bond donors (Lipinski definition) is 1. The van der Waals surface area contributed by atoms with Crippen LogP contribution in [0.1, 0.15) is 36.0 Å². The molecule has 2 aromatic rings. The van der Waals surface area contributed by atoms with Gasteiger partial charge in [0, 0.05) is 17.5 Å². The summed E-state index contributed by atoms with van der Waals surface area (Å²) in [5, 5.41) is 3.52. The van der Waals surface area contributed by atoms with Crippen molar-refractivity contribution in [1.29, 1.82) is 0 Å². The molecule has 0 saturated carbocycles. The van der Waals surface area contributed by atoms with E-state index in [1.165, 1.54) is 18.3 Å². The van der Waals surface area contributed by atoms with Crippen molar-refractivity contribution in [2.45, 2.75) is 44.4 Å². The van der Waals surface area contributed by atoms with E-state index >= 15 is 0 Å². The van der Waals surface area contributed by atoms with Crippen molar-refractivity contribution in [3.8, 4) is 0 Å². The van der Waals surface area contributed by atoms with Crippen LogP contribution in [0.5, 0.6) is 0 Å². The van der Waals surface area contributed by atoms with E-state index in [2.05, 4.69) is 22.1 Å². The van der Waals surface area contributed by atoms with Crippen LogP contribution < -0.4 is 5.32 Å². The zero-order valence-electron chi connectivity index (χ0n) is 14.3. The number of nitrogens with one attached hydrogen (secondary N) is 1. The minimum absolute atomic E-state index is 0.0765. The van der Waals surface area contributed by atoms with Gasteiger partial charge in [-0.15, -0.1) is 0 Å². The first-order valence-electron chi connectivity index (χ1n) is 8.80. The van der Waals surface area contributed by atoms with Gasteiger partial charge in [-0.3, -0.25) is 9.69 Å². The maximum Gasteiger partial charge on any atom is 0.396 e. The normalized spacial score (nSPS) is 28.5. The van der Waals surface area contributed by atoms with Crippen molar-refractivity contribution in [2.75, 3.05) is 13.1 Å². The number of alkyl halides is 3. The smallest absolute Gasteiger partial charge is 0.396 e. The van der Waals surface area contributed by atoms with Gasteiger partial charge < -0.3 is 9.73 Å². The van der Waals surface area contributed by atoms with E-state index in [9.17, 15) is 18.0 Å². The number of halogens is 3. The number of pyridine rings is 1. The molecule has 0 aromatic carbocycles. The number of nitrogens with zero attached hydrogens (tertiary/aromatic N) is 2. The van der Waals surface area contributed by atoms with E-state index in [1.54, 1.807) is 0 Å². The minimum atomic E-state index is -4.34. The fourth-order valence-electron chi connectivity index (χ4n) is 4.18. The molecule has 5 rings (SSSR count). The third-order valence-corrected chi connectivity index (χ3v) is 5.54. The molecule has 2 atom stereocenters. The number of rotatable bonds is 3. The van der Waals surface area contributed by atoms with Crippen LogP contribution in [0.3, 0.4) is 0 Å². The molecule has 26 heavy (non-hydrogen) atoms. The summed E-state index contributed by atoms with van der Waals surface area (Å²) in [5.41, 5.74) is 0.442. The highest BCUT2D eigenvalue weighted by molar-refractivity contribution is 5.95. The number of fused-ring (bicyclic) bond motifs is 4. The molecule has 0 aliphatic carbocycles. The van der Waals surface area contributed by atoms with Gasteiger partial charge in [0.05, 0.1) is 6.20 Å². The summed E-state index contributed by atoms with van der Waals surface area (Å²) < 4.78 is 42.7. The largest absolute Gasteiger partial charge is 0.459 e. The van der Waals surface area contributed by atoms with Crippen molar-refractivity contribution >= 4 is 16.9 Å². The van der Waals surface area contributed by atoms with E-state index in [-0.39, 0.29) is 35.0 Å². The van der Waals surface area contributed by atoms with E-state index in [0.717, 1.165) is 25.9 Å². The highest BCUT2D eigenvalue weighted by Gasteiger charge is 2.40. The number of amides is 1. The molecule has 5 nitrogen and oxygen atoms in total. The Kier molecular flexibility index (Phi) is 4.17. The Morgan fingerprint density at radius 2 is 2.08 bits per heavy atom. The number of hydrogen-bond acceptors (Lipinski definition) is 4. The highest BCUT2D eigenvalue weighted by atomic mass is 19.4. The molecule has 0 spiro atoms. The standard InChI is InChI=1S/C18H20F3N3O2/c1-10-16(11-2-4-24(10)5-3-11)23-17(25)14-7-12-6-13(8-18(19,20)21)26-15(12)9-22-14/h6-7,9-11,16H,2-5,8H2,1H3,(H,23,25)/t10-,16-/m0/s1. The van der Waals surface area contributed by atoms with Gasteiger partial charge >= 0.3 is 6.18 Å². The fourth-order valence-corrected chi connectivity index (χ4v) is 4.18. The van der Waals surface area contributed by atoms with Gasteiger partial charge in [0.2, 0.25) is 0 Å². The zero-order chi connectivity index (χ0) is 18.5. The van der Waals surface area contributed by atoms with E-state index in [4.69, 9.17) is 4.42 Å². The Bertz CT molecular complexity index is 823. The van der Waals surface area contributed by atoms with E-state index in [0.29, 0.717) is 11.3 Å². The Labute approximate surface area is 148 Å². The SMILES string of the molecule is C[C@H]1[C@H](NC(=O)c2cc3cc(CC(F)(F)F)oc3cn2)C2CCN1CC2. The van der Waals surface area contributed by atoms with Crippen LogP contribution >= 0.6 is 0 Å². The molecule has 0 radical (unpaired) electrons. The van der Waals surface area contributed by atoms with Crippen LogP contribution in [0.2, 0.25) is 0 Å². The molecule has 1 N–H and O–H groups in total. The first-order chi connectivity index (χ1) is 12.3. The summed E-state index contributed by atoms with van der Waals surface area (Å²) in [6, 6.07) is 3.16. The van der Waals surface area contributed by atoms with Gasteiger partial charge in [0.15, 0.2) is 5.58 Å². The molecule has 5 heterocycles. The van der Waals surface area contributed by atoms with Crippen molar-refractivity contribution in [2.24, 2.45) is 5.92 Å². The maximum absolute atomic E-state index is 12.6. The lowest BCUT2D eigenvalue weighted by Crippen LogP contribution is -2.62. The Balaban J connectivity index is 1.52. The van der Waals surface area contributed by atoms with Crippen molar-refractivity contribution in [1.82, 2.24) is 15.2 Å². The lowest BCUT2D eigenvalue weighted by atomic mass is 9.79. The van der Waals surface area contributed by atoms with Crippen LogP contribution in [0.25, 0.3) is 11.0 Å². The molecule has 140 valence electrons. The molecule has 3 aliphatic rings. The first kappa shape index (κ1) is 17.3. The van der Waals surface area contributed by atoms with Gasteiger partial charge in [-0.1, -0.05) is 0 Å². The highest BCUT2D eigenvalue weighted by Crippen LogP contribution is 2.32. The average molecular weight is 367 g/mol. The monoisotopic (exact) mass is 367 g/mol. The Morgan fingerprint density at radius 3 is 2.73 bits per heavy atom. The summed E-state index contributed by atoms with van der Waals surface area (Å²) in [7, 11) is 0. The fraction of sp³-hybridized carbons (Fsp3) is 0.556. The van der Waals surface area contributed by atoms with Gasteiger partial charge in [0.25, 0.3) is 5.91 Å². The predicted molar refractivity (Wildman–Crippen MR) is 88.8 cm³/mol. The molecule has 1 amide bonds. The van der Waals surface area contributed by atoms with E-state index < -0.39 is 12.6 Å². The number of aromatic nitrogens is 1. The maximum atomic E-state index is 12.6. The van der Waals surface area contributed by atoms with Crippen LogP contribution in [0.4, 0.5) is 13.2 Å². The first-order valence-corrected chi connectivity index (χ1v) is 8.80. The zero-order valence-corrected chi connectivity index (χ0v) is 14.3. The van der Waals surface area contributed by atoms with Crippen molar-refractivity contribution < 1.29 is 22.4 Å². The molecule has 8 heteroatoms. The van der Waals surface area contributed by atoms with Crippen molar-refractivity contribution in [3.05, 3.63) is 29.8 Å². The molecule has 3 fully saturated rings. The molecular weight excluding hydrogens is 347 g/mol. The average Bonchev–Trinajstić information content (AvgIpc) is 2.97. The second kappa shape index (κ2) is 6.26. The number of carbonyl (C=O) groups excluding carboxylic acids is 1. The van der Waals surface area contributed by atoms with Crippen LogP contribution in [0, 0.1) is 5.92 Å². The van der Waals surface area contributed by atoms with Crippen LogP contribution in [-0.4, -0.2) is 47.1 Å². The van der Waals surface area contributed by atoms with Crippen LogP contribution in [-0.2, 0) is 6.42 Å². The summed E-state index contributed by atoms with van der Waals surface area (Å²) in [4.78, 5) is 19.1. The Hall–Kier alpha value is -2.09. The molecule has 3 saturated heterocycles. The molecule has 2 aromatic heterocycles. The molecule has 2 bridgehead atoms. The van der Waals surface area contributed by atoms with Gasteiger partial charge in [-0.25, -0.2) is 4.98 Å². The third-order valence-electron chi connectivity index (χ3n) is 5.54. The summed E-state index contributed by atoms with van der Waals surface area (Å²) >= 11 is 0. The number of piperidine rings is 3. The summed E-state index contributed by atoms with van der Waals surface area (Å²) in [6.07, 6.45) is -2.02. The Morgan fingerprint density at radius 1 is 1.35 bits per heavy atom. The molecular formula is C18H20F3N3O2. The lowest BCUT2D eigenvalue weighted by Gasteiger charge is -2.49. The van der Waals surface area contributed by atoms with Gasteiger partial charge in [-0.05, 0) is 50.9 Å². The summed E-state index contributed by atoms with van der Waals surface area (Å²) in [6.45, 7) is 4.26. The molecule has 3 aliphatic heterocycles. The molecule has 0 unspecified atom stereocenters. The topological polar surface area (TPSA) is 58.4 Å². The lowest BCUT2D eigenvalue weighted by molar-refractivity contribution is -0.129. The quantitative estimate of drug-likeness (QED) is 0.906. The van der Waals surface area contributed by atoms with Gasteiger partial charge in [0.1, 0.15) is 17.9 Å². The van der Waals surface area contributed by atoms with Crippen molar-refractivity contribution in [3.63, 3.8) is 0 Å². The predicted octanol–water partition coefficient (Wildman–Crippen LogP) is 3.15. The minimum Gasteiger partial charge on any atom is -0.459 e. The summed E-state index contributed by atoms with van der Waals surface area (Å²) in [5.74, 6) is -0.0102. The van der Waals surface area contributed by atoms with Crippen LogP contribution in [0.15, 0.2) is 22.7 Å². The second-order valence-corrected chi connectivity index (χ2v) is 7.23. The second-order valence-electron chi connectivity index (χ2n) is 7.23.